The van der Waals surface area contributed by atoms with E-state index in [1.807, 2.05) is 6.07 Å². The van der Waals surface area contributed by atoms with Gasteiger partial charge in [0.2, 0.25) is 10.0 Å². The third-order valence-corrected chi connectivity index (χ3v) is 4.99. The van der Waals surface area contributed by atoms with E-state index in [4.69, 9.17) is 9.88 Å². The summed E-state index contributed by atoms with van der Waals surface area (Å²) in [6.07, 6.45) is 0.334. The first-order valence-electron chi connectivity index (χ1n) is 6.79. The molecule has 1 aliphatic heterocycles. The van der Waals surface area contributed by atoms with Gasteiger partial charge in [-0.15, -0.1) is 0 Å². The monoisotopic (exact) mass is 339 g/mol. The standard InChI is InChI=1S/C14H17N3O5S/c1-22-13(19)14(9-18)5-6-17(8-14)11-3-2-4-12(10(11)7-15)23(16,20)21/h2-4,18H,5-6,8-9H2,1H3,(H2,16,20,21). The fourth-order valence-electron chi connectivity index (χ4n) is 2.79. The van der Waals surface area contributed by atoms with E-state index < -0.39 is 28.0 Å². The lowest BCUT2D eigenvalue weighted by atomic mass is 9.88. The number of carbonyl (C=O) groups is 1. The number of nitriles is 1. The van der Waals surface area contributed by atoms with Crippen molar-refractivity contribution in [3.05, 3.63) is 23.8 Å². The Hall–Kier alpha value is -2.15. The van der Waals surface area contributed by atoms with Gasteiger partial charge in [-0.25, -0.2) is 13.6 Å². The average molecular weight is 339 g/mol. The van der Waals surface area contributed by atoms with Crippen molar-refractivity contribution in [3.8, 4) is 6.07 Å². The summed E-state index contributed by atoms with van der Waals surface area (Å²) >= 11 is 0. The van der Waals surface area contributed by atoms with Crippen molar-refractivity contribution in [3.63, 3.8) is 0 Å². The molecule has 124 valence electrons. The number of aliphatic hydroxyl groups is 1. The number of nitrogens with two attached hydrogens (primary N) is 1. The van der Waals surface area contributed by atoms with Crippen LogP contribution >= 0.6 is 0 Å². The van der Waals surface area contributed by atoms with E-state index in [0.29, 0.717) is 18.7 Å². The predicted molar refractivity (Wildman–Crippen MR) is 80.9 cm³/mol. The molecule has 0 amide bonds. The van der Waals surface area contributed by atoms with Crippen LogP contribution in [0, 0.1) is 16.7 Å². The molecule has 8 nitrogen and oxygen atoms in total. The smallest absolute Gasteiger partial charge is 0.316 e. The molecule has 1 atom stereocenters. The summed E-state index contributed by atoms with van der Waals surface area (Å²) in [5.74, 6) is -0.538. The van der Waals surface area contributed by atoms with Crippen molar-refractivity contribution in [2.45, 2.75) is 11.3 Å². The molecule has 1 aromatic carbocycles. The first-order chi connectivity index (χ1) is 10.8. The summed E-state index contributed by atoms with van der Waals surface area (Å²) < 4.78 is 28.0. The molecule has 0 aromatic heterocycles. The Morgan fingerprint density at radius 3 is 2.78 bits per heavy atom. The Bertz CT molecular complexity index is 771. The van der Waals surface area contributed by atoms with Gasteiger partial charge in [0.25, 0.3) is 0 Å². The maximum atomic E-state index is 11.9. The van der Waals surface area contributed by atoms with Crippen LogP contribution in [-0.2, 0) is 19.6 Å². The van der Waals surface area contributed by atoms with E-state index in [-0.39, 0.29) is 17.0 Å². The van der Waals surface area contributed by atoms with Crippen LogP contribution < -0.4 is 10.0 Å². The molecular weight excluding hydrogens is 322 g/mol. The molecule has 1 aromatic rings. The Morgan fingerprint density at radius 2 is 2.26 bits per heavy atom. The Morgan fingerprint density at radius 1 is 1.57 bits per heavy atom. The molecular formula is C14H17N3O5S. The summed E-state index contributed by atoms with van der Waals surface area (Å²) in [5, 5.41) is 24.1. The maximum Gasteiger partial charge on any atom is 0.316 e. The highest BCUT2D eigenvalue weighted by atomic mass is 32.2. The molecule has 9 heteroatoms. The number of primary sulfonamides is 1. The molecule has 1 heterocycles. The molecule has 0 aliphatic carbocycles. The van der Waals surface area contributed by atoms with Crippen LogP contribution in [0.2, 0.25) is 0 Å². The topological polar surface area (TPSA) is 134 Å². The normalized spacial score (nSPS) is 21.0. The maximum absolute atomic E-state index is 11.9. The fraction of sp³-hybridized carbons (Fsp3) is 0.429. The largest absolute Gasteiger partial charge is 0.468 e. The lowest BCUT2D eigenvalue weighted by molar-refractivity contribution is -0.153. The second-order valence-corrected chi connectivity index (χ2v) is 6.94. The van der Waals surface area contributed by atoms with Gasteiger partial charge >= 0.3 is 5.97 Å². The molecule has 2 rings (SSSR count). The van der Waals surface area contributed by atoms with Crippen molar-refractivity contribution >= 4 is 21.7 Å². The number of benzene rings is 1. The summed E-state index contributed by atoms with van der Waals surface area (Å²) in [5.41, 5.74) is -0.800. The molecule has 23 heavy (non-hydrogen) atoms. The minimum absolute atomic E-state index is 0.0754. The number of ether oxygens (including phenoxy) is 1. The third kappa shape index (κ3) is 3.01. The number of anilines is 1. The van der Waals surface area contributed by atoms with Crippen LogP contribution in [0.25, 0.3) is 0 Å². The van der Waals surface area contributed by atoms with Gasteiger partial charge in [-0.3, -0.25) is 4.79 Å². The molecule has 0 saturated carbocycles. The van der Waals surface area contributed by atoms with E-state index in [2.05, 4.69) is 0 Å². The van der Waals surface area contributed by atoms with Gasteiger partial charge in [0.05, 0.1) is 25.0 Å². The van der Waals surface area contributed by atoms with Crippen LogP contribution in [0.4, 0.5) is 5.69 Å². The summed E-state index contributed by atoms with van der Waals surface area (Å²) in [6.45, 7) is 0.101. The lowest BCUT2D eigenvalue weighted by Gasteiger charge is -2.25. The number of hydrogen-bond donors (Lipinski definition) is 2. The summed E-state index contributed by atoms with van der Waals surface area (Å²) in [7, 11) is -2.80. The van der Waals surface area contributed by atoms with Crippen LogP contribution in [0.15, 0.2) is 23.1 Å². The number of esters is 1. The molecule has 1 fully saturated rings. The number of sulfonamides is 1. The Balaban J connectivity index is 2.46. The zero-order chi connectivity index (χ0) is 17.3. The van der Waals surface area contributed by atoms with E-state index in [0.717, 1.165) is 0 Å². The highest BCUT2D eigenvalue weighted by molar-refractivity contribution is 7.89. The van der Waals surface area contributed by atoms with Crippen LogP contribution in [0.3, 0.4) is 0 Å². The van der Waals surface area contributed by atoms with Crippen molar-refractivity contribution in [2.24, 2.45) is 10.6 Å². The summed E-state index contributed by atoms with van der Waals surface area (Å²) in [4.78, 5) is 13.3. The van der Waals surface area contributed by atoms with Crippen molar-refractivity contribution in [2.75, 3.05) is 31.7 Å². The van der Waals surface area contributed by atoms with Crippen LogP contribution in [0.1, 0.15) is 12.0 Å². The molecule has 1 aliphatic rings. The van der Waals surface area contributed by atoms with Crippen molar-refractivity contribution in [1.29, 1.82) is 5.26 Å². The third-order valence-electron chi connectivity index (χ3n) is 4.04. The SMILES string of the molecule is COC(=O)C1(CO)CCN(c2cccc(S(N)(=O)=O)c2C#N)C1. The Labute approximate surface area is 134 Å². The molecule has 0 spiro atoms. The van der Waals surface area contributed by atoms with E-state index in [1.165, 1.54) is 19.2 Å². The number of nitrogens with zero attached hydrogens (tertiary/aromatic N) is 2. The van der Waals surface area contributed by atoms with Gasteiger partial charge in [0.15, 0.2) is 0 Å². The second kappa shape index (κ2) is 6.16. The van der Waals surface area contributed by atoms with E-state index in [9.17, 15) is 23.6 Å². The van der Waals surface area contributed by atoms with Crippen LogP contribution in [0.5, 0.6) is 0 Å². The first kappa shape index (κ1) is 17.2. The summed E-state index contributed by atoms with van der Waals surface area (Å²) in [6, 6.07) is 6.17. The quantitative estimate of drug-likeness (QED) is 0.711. The van der Waals surface area contributed by atoms with Gasteiger partial charge < -0.3 is 14.7 Å². The average Bonchev–Trinajstić information content (AvgIpc) is 2.98. The fourth-order valence-corrected chi connectivity index (χ4v) is 3.49. The van der Waals surface area contributed by atoms with Crippen molar-refractivity contribution in [1.82, 2.24) is 0 Å². The van der Waals surface area contributed by atoms with Crippen molar-refractivity contribution < 1.29 is 23.1 Å². The number of rotatable bonds is 4. The van der Waals surface area contributed by atoms with Gasteiger partial charge in [0, 0.05) is 13.1 Å². The van der Waals surface area contributed by atoms with E-state index in [1.54, 1.807) is 11.0 Å². The van der Waals surface area contributed by atoms with Gasteiger partial charge in [-0.2, -0.15) is 5.26 Å². The molecule has 1 saturated heterocycles. The molecule has 0 bridgehead atoms. The van der Waals surface area contributed by atoms with Gasteiger partial charge in [0.1, 0.15) is 16.4 Å². The highest BCUT2D eigenvalue weighted by Gasteiger charge is 2.46. The minimum Gasteiger partial charge on any atom is -0.468 e. The second-order valence-electron chi connectivity index (χ2n) is 5.41. The van der Waals surface area contributed by atoms with Crippen LogP contribution in [-0.4, -0.2) is 46.3 Å². The minimum atomic E-state index is -4.04. The predicted octanol–water partition coefficient (Wildman–Crippen LogP) is -0.433. The van der Waals surface area contributed by atoms with Gasteiger partial charge in [-0.1, -0.05) is 6.07 Å². The molecule has 1 unspecified atom stereocenters. The molecule has 3 N–H and O–H groups in total. The zero-order valence-corrected chi connectivity index (χ0v) is 13.3. The highest BCUT2D eigenvalue weighted by Crippen LogP contribution is 2.36. The van der Waals surface area contributed by atoms with E-state index >= 15 is 0 Å². The number of hydrogen-bond acceptors (Lipinski definition) is 7. The number of aliphatic hydroxyl groups excluding tert-OH is 1. The lowest BCUT2D eigenvalue weighted by Crippen LogP contribution is -2.39. The zero-order valence-electron chi connectivity index (χ0n) is 12.5. The number of carbonyl (C=O) groups excluding carboxylic acids is 1. The van der Waals surface area contributed by atoms with Gasteiger partial charge in [-0.05, 0) is 18.6 Å². The first-order valence-corrected chi connectivity index (χ1v) is 8.34. The molecule has 0 radical (unpaired) electrons. The Kier molecular flexibility index (Phi) is 4.61. The number of methoxy groups -OCH3 is 1.